The third-order valence-electron chi connectivity index (χ3n) is 1.96. The van der Waals surface area contributed by atoms with Gasteiger partial charge in [-0.25, -0.2) is 0 Å². The van der Waals surface area contributed by atoms with Crippen molar-refractivity contribution in [3.8, 4) is 0 Å². The van der Waals surface area contributed by atoms with Crippen molar-refractivity contribution < 1.29 is 4.21 Å². The standard InChI is InChI=1S/C9H18OS2/c1-8(2,3)11-9(4)6-5-7-12(9)10/h5-7H2,1-4H3. The molecule has 3 heteroatoms. The predicted molar refractivity (Wildman–Crippen MR) is 58.0 cm³/mol. The molecule has 1 fully saturated rings. The molecule has 0 bridgehead atoms. The van der Waals surface area contributed by atoms with Crippen molar-refractivity contribution in [2.45, 2.75) is 49.4 Å². The summed E-state index contributed by atoms with van der Waals surface area (Å²) in [6.07, 6.45) is 2.24. The summed E-state index contributed by atoms with van der Waals surface area (Å²) >= 11 is 1.87. The van der Waals surface area contributed by atoms with Gasteiger partial charge in [-0.3, -0.25) is 4.21 Å². The van der Waals surface area contributed by atoms with E-state index in [2.05, 4.69) is 27.7 Å². The second-order valence-corrected chi connectivity index (χ2v) is 9.09. The summed E-state index contributed by atoms with van der Waals surface area (Å²) < 4.78 is 11.9. The first kappa shape index (κ1) is 10.6. The number of rotatable bonds is 1. The zero-order valence-corrected chi connectivity index (χ0v) is 9.98. The molecular weight excluding hydrogens is 188 g/mol. The van der Waals surface area contributed by atoms with Gasteiger partial charge in [-0.1, -0.05) is 20.8 Å². The van der Waals surface area contributed by atoms with Gasteiger partial charge in [0.25, 0.3) is 0 Å². The lowest BCUT2D eigenvalue weighted by atomic mass is 10.2. The van der Waals surface area contributed by atoms with E-state index in [0.29, 0.717) is 0 Å². The fourth-order valence-electron chi connectivity index (χ4n) is 1.60. The molecule has 1 rings (SSSR count). The van der Waals surface area contributed by atoms with Gasteiger partial charge in [-0.2, -0.15) is 0 Å². The summed E-state index contributed by atoms with van der Waals surface area (Å²) in [6, 6.07) is 0. The highest BCUT2D eigenvalue weighted by Gasteiger charge is 2.39. The van der Waals surface area contributed by atoms with Crippen molar-refractivity contribution >= 4 is 22.6 Å². The minimum atomic E-state index is -0.610. The van der Waals surface area contributed by atoms with E-state index < -0.39 is 10.8 Å². The second-order valence-electron chi connectivity index (χ2n) is 4.50. The molecule has 1 aliphatic heterocycles. The van der Waals surface area contributed by atoms with Gasteiger partial charge in [0.2, 0.25) is 0 Å². The van der Waals surface area contributed by atoms with Crippen molar-refractivity contribution in [2.24, 2.45) is 0 Å². The van der Waals surface area contributed by atoms with Crippen LogP contribution in [0, 0.1) is 0 Å². The van der Waals surface area contributed by atoms with Crippen molar-refractivity contribution in [2.75, 3.05) is 5.75 Å². The maximum atomic E-state index is 11.7. The molecule has 1 aliphatic rings. The molecule has 0 aromatic carbocycles. The summed E-state index contributed by atoms with van der Waals surface area (Å²) in [6.45, 7) is 8.72. The Morgan fingerprint density at radius 1 is 1.42 bits per heavy atom. The van der Waals surface area contributed by atoms with Gasteiger partial charge in [-0.15, -0.1) is 11.8 Å². The maximum Gasteiger partial charge on any atom is 0.0886 e. The van der Waals surface area contributed by atoms with E-state index in [1.807, 2.05) is 11.8 Å². The van der Waals surface area contributed by atoms with E-state index in [1.165, 1.54) is 0 Å². The van der Waals surface area contributed by atoms with Gasteiger partial charge in [0.1, 0.15) is 0 Å². The molecule has 1 saturated heterocycles. The molecule has 0 aromatic rings. The van der Waals surface area contributed by atoms with Gasteiger partial charge in [0, 0.05) is 21.3 Å². The first-order chi connectivity index (χ1) is 5.33. The third kappa shape index (κ3) is 2.49. The molecule has 1 nitrogen and oxygen atoms in total. The second kappa shape index (κ2) is 3.33. The van der Waals surface area contributed by atoms with Gasteiger partial charge >= 0.3 is 0 Å². The van der Waals surface area contributed by atoms with E-state index in [9.17, 15) is 4.21 Å². The molecule has 0 amide bonds. The third-order valence-corrected chi connectivity index (χ3v) is 5.85. The Bertz CT molecular complexity index is 195. The lowest BCUT2D eigenvalue weighted by Crippen LogP contribution is -2.27. The Balaban J connectivity index is 2.66. The normalized spacial score (nSPS) is 37.2. The SMILES string of the molecule is CC(C)(C)SC1(C)CCCS1=O. The minimum absolute atomic E-state index is 0.0260. The Morgan fingerprint density at radius 2 is 2.00 bits per heavy atom. The van der Waals surface area contributed by atoms with Crippen LogP contribution < -0.4 is 0 Å². The average molecular weight is 206 g/mol. The molecule has 1 heterocycles. The zero-order chi connectivity index (χ0) is 9.41. The Labute approximate surface area is 82.2 Å². The molecule has 0 aromatic heterocycles. The zero-order valence-electron chi connectivity index (χ0n) is 8.35. The Hall–Kier alpha value is 0.500. The van der Waals surface area contributed by atoms with Crippen LogP contribution in [0.5, 0.6) is 0 Å². The maximum absolute atomic E-state index is 11.7. The number of thioether (sulfide) groups is 1. The molecule has 2 atom stereocenters. The molecule has 2 unspecified atom stereocenters. The number of hydrogen-bond acceptors (Lipinski definition) is 2. The summed E-state index contributed by atoms with van der Waals surface area (Å²) in [5, 5.41) is 0. The van der Waals surface area contributed by atoms with E-state index in [-0.39, 0.29) is 8.83 Å². The molecule has 0 radical (unpaired) electrons. The van der Waals surface area contributed by atoms with E-state index >= 15 is 0 Å². The van der Waals surface area contributed by atoms with Crippen molar-refractivity contribution in [1.82, 2.24) is 0 Å². The van der Waals surface area contributed by atoms with Crippen molar-refractivity contribution in [3.63, 3.8) is 0 Å². The quantitative estimate of drug-likeness (QED) is 0.656. The van der Waals surface area contributed by atoms with Crippen LogP contribution in [0.3, 0.4) is 0 Å². The molecule has 72 valence electrons. The number of hydrogen-bond donors (Lipinski definition) is 0. The van der Waals surface area contributed by atoms with E-state index in [0.717, 1.165) is 18.6 Å². The van der Waals surface area contributed by atoms with Crippen LogP contribution >= 0.6 is 11.8 Å². The first-order valence-electron chi connectivity index (χ1n) is 4.42. The minimum Gasteiger partial charge on any atom is -0.258 e. The predicted octanol–water partition coefficient (Wildman–Crippen LogP) is 2.78. The van der Waals surface area contributed by atoms with Crippen LogP contribution in [0.25, 0.3) is 0 Å². The smallest absolute Gasteiger partial charge is 0.0886 e. The molecule has 12 heavy (non-hydrogen) atoms. The molecule has 0 spiro atoms. The molecule has 0 N–H and O–H groups in total. The summed E-state index contributed by atoms with van der Waals surface area (Å²) in [5.74, 6) is 0.902. The van der Waals surface area contributed by atoms with Crippen LogP contribution in [0.2, 0.25) is 0 Å². The summed E-state index contributed by atoms with van der Waals surface area (Å²) in [7, 11) is -0.610. The van der Waals surface area contributed by atoms with Crippen molar-refractivity contribution in [1.29, 1.82) is 0 Å². The lowest BCUT2D eigenvalue weighted by molar-refractivity contribution is 0.672. The highest BCUT2D eigenvalue weighted by molar-refractivity contribution is 8.13. The fraction of sp³-hybridized carbons (Fsp3) is 1.00. The van der Waals surface area contributed by atoms with Gasteiger partial charge in [-0.05, 0) is 19.8 Å². The molecule has 0 saturated carbocycles. The van der Waals surface area contributed by atoms with Crippen LogP contribution in [0.15, 0.2) is 0 Å². The van der Waals surface area contributed by atoms with Gasteiger partial charge in [0.15, 0.2) is 0 Å². The highest BCUT2D eigenvalue weighted by Crippen LogP contribution is 2.45. The van der Waals surface area contributed by atoms with Crippen LogP contribution in [-0.2, 0) is 10.8 Å². The molecule has 0 aliphatic carbocycles. The van der Waals surface area contributed by atoms with Gasteiger partial charge < -0.3 is 0 Å². The van der Waals surface area contributed by atoms with E-state index in [1.54, 1.807) is 0 Å². The van der Waals surface area contributed by atoms with Gasteiger partial charge in [0.05, 0.1) is 4.08 Å². The Kier molecular flexibility index (Phi) is 2.94. The highest BCUT2D eigenvalue weighted by atomic mass is 32.2. The lowest BCUT2D eigenvalue weighted by Gasteiger charge is -2.30. The average Bonchev–Trinajstić information content (AvgIpc) is 2.08. The van der Waals surface area contributed by atoms with Crippen LogP contribution in [0.4, 0.5) is 0 Å². The van der Waals surface area contributed by atoms with Crippen LogP contribution in [-0.4, -0.2) is 18.8 Å². The topological polar surface area (TPSA) is 17.1 Å². The van der Waals surface area contributed by atoms with Crippen molar-refractivity contribution in [3.05, 3.63) is 0 Å². The summed E-state index contributed by atoms with van der Waals surface area (Å²) in [4.78, 5) is 0. The van der Waals surface area contributed by atoms with E-state index in [4.69, 9.17) is 0 Å². The molecular formula is C9H18OS2. The fourth-order valence-corrected chi connectivity index (χ4v) is 5.72. The monoisotopic (exact) mass is 206 g/mol. The largest absolute Gasteiger partial charge is 0.258 e. The Morgan fingerprint density at radius 3 is 2.33 bits per heavy atom. The summed E-state index contributed by atoms with van der Waals surface area (Å²) in [5.41, 5.74) is 0. The first-order valence-corrected chi connectivity index (χ1v) is 6.56. The van der Waals surface area contributed by atoms with Crippen LogP contribution in [0.1, 0.15) is 40.5 Å².